The lowest BCUT2D eigenvalue weighted by atomic mass is 10.1. The SMILES string of the molecule is CN1CC(Cc2ccccc2Oc2ccccc2[N+](=O)[O-])OCC1=O. The van der Waals surface area contributed by atoms with E-state index in [4.69, 9.17) is 9.47 Å². The minimum absolute atomic E-state index is 0.0410. The van der Waals surface area contributed by atoms with Crippen LogP contribution in [0, 0.1) is 10.1 Å². The molecule has 1 aliphatic heterocycles. The smallest absolute Gasteiger partial charge is 0.311 e. The van der Waals surface area contributed by atoms with Crippen molar-refractivity contribution >= 4 is 11.6 Å². The van der Waals surface area contributed by atoms with Crippen molar-refractivity contribution in [1.82, 2.24) is 4.90 Å². The summed E-state index contributed by atoms with van der Waals surface area (Å²) in [6, 6.07) is 13.6. The minimum atomic E-state index is -0.469. The molecule has 1 heterocycles. The number of morpholine rings is 1. The van der Waals surface area contributed by atoms with Gasteiger partial charge in [0.2, 0.25) is 11.7 Å². The van der Waals surface area contributed by atoms with Crippen LogP contribution in [0.4, 0.5) is 5.69 Å². The zero-order valence-electron chi connectivity index (χ0n) is 13.8. The first kappa shape index (κ1) is 16.9. The summed E-state index contributed by atoms with van der Waals surface area (Å²) in [4.78, 5) is 23.8. The van der Waals surface area contributed by atoms with E-state index in [1.54, 1.807) is 36.2 Å². The van der Waals surface area contributed by atoms with Gasteiger partial charge in [-0.05, 0) is 17.7 Å². The summed E-state index contributed by atoms with van der Waals surface area (Å²) in [6.45, 7) is 0.563. The molecule has 0 radical (unpaired) electrons. The lowest BCUT2D eigenvalue weighted by Gasteiger charge is -2.30. The lowest BCUT2D eigenvalue weighted by molar-refractivity contribution is -0.385. The maximum atomic E-state index is 11.5. The molecule has 7 nitrogen and oxygen atoms in total. The Hall–Kier alpha value is -2.93. The number of rotatable bonds is 5. The molecule has 1 amide bonds. The molecule has 0 N–H and O–H groups in total. The quantitative estimate of drug-likeness (QED) is 0.616. The molecule has 0 aromatic heterocycles. The van der Waals surface area contributed by atoms with Crippen molar-refractivity contribution in [3.05, 3.63) is 64.2 Å². The van der Waals surface area contributed by atoms with Crippen molar-refractivity contribution in [2.75, 3.05) is 20.2 Å². The molecular weight excluding hydrogens is 324 g/mol. The minimum Gasteiger partial charge on any atom is -0.450 e. The van der Waals surface area contributed by atoms with Gasteiger partial charge in [-0.2, -0.15) is 0 Å². The van der Waals surface area contributed by atoms with Crippen molar-refractivity contribution < 1.29 is 19.2 Å². The highest BCUT2D eigenvalue weighted by Crippen LogP contribution is 2.33. The molecule has 25 heavy (non-hydrogen) atoms. The van der Waals surface area contributed by atoms with E-state index in [9.17, 15) is 14.9 Å². The van der Waals surface area contributed by atoms with Crippen molar-refractivity contribution in [3.8, 4) is 11.5 Å². The third-order valence-electron chi connectivity index (χ3n) is 4.05. The van der Waals surface area contributed by atoms with Crippen molar-refractivity contribution in [2.45, 2.75) is 12.5 Å². The van der Waals surface area contributed by atoms with Crippen LogP contribution in [0.25, 0.3) is 0 Å². The van der Waals surface area contributed by atoms with Crippen molar-refractivity contribution in [3.63, 3.8) is 0 Å². The van der Waals surface area contributed by atoms with E-state index < -0.39 is 4.92 Å². The first-order chi connectivity index (χ1) is 12.0. The number of hydrogen-bond acceptors (Lipinski definition) is 5. The lowest BCUT2D eigenvalue weighted by Crippen LogP contribution is -2.45. The van der Waals surface area contributed by atoms with Gasteiger partial charge in [-0.15, -0.1) is 0 Å². The van der Waals surface area contributed by atoms with E-state index in [0.29, 0.717) is 18.7 Å². The topological polar surface area (TPSA) is 81.9 Å². The summed E-state index contributed by atoms with van der Waals surface area (Å²) >= 11 is 0. The maximum absolute atomic E-state index is 11.5. The molecule has 3 rings (SSSR count). The zero-order chi connectivity index (χ0) is 17.8. The first-order valence-electron chi connectivity index (χ1n) is 7.89. The molecule has 1 unspecified atom stereocenters. The zero-order valence-corrected chi connectivity index (χ0v) is 13.8. The Kier molecular flexibility index (Phi) is 4.95. The molecule has 2 aromatic carbocycles. The fraction of sp³-hybridized carbons (Fsp3) is 0.278. The van der Waals surface area contributed by atoms with Gasteiger partial charge in [0.25, 0.3) is 0 Å². The number of para-hydroxylation sites is 3. The van der Waals surface area contributed by atoms with Crippen LogP contribution in [0.15, 0.2) is 48.5 Å². The van der Waals surface area contributed by atoms with E-state index in [-0.39, 0.29) is 30.1 Å². The molecule has 2 aromatic rings. The highest BCUT2D eigenvalue weighted by molar-refractivity contribution is 5.77. The number of likely N-dealkylation sites (N-methyl/N-ethyl adjacent to an activating group) is 1. The fourth-order valence-corrected chi connectivity index (χ4v) is 2.71. The van der Waals surface area contributed by atoms with Gasteiger partial charge in [-0.3, -0.25) is 14.9 Å². The Morgan fingerprint density at radius 1 is 1.20 bits per heavy atom. The second-order valence-corrected chi connectivity index (χ2v) is 5.85. The highest BCUT2D eigenvalue weighted by Gasteiger charge is 2.25. The maximum Gasteiger partial charge on any atom is 0.311 e. The van der Waals surface area contributed by atoms with Crippen LogP contribution in [0.1, 0.15) is 5.56 Å². The third-order valence-corrected chi connectivity index (χ3v) is 4.05. The summed E-state index contributed by atoms with van der Waals surface area (Å²) in [5, 5.41) is 11.1. The Balaban J connectivity index is 1.80. The number of nitrogens with zero attached hydrogens (tertiary/aromatic N) is 2. The monoisotopic (exact) mass is 342 g/mol. The summed E-state index contributed by atoms with van der Waals surface area (Å²) in [5.41, 5.74) is 0.782. The Bertz CT molecular complexity index is 793. The van der Waals surface area contributed by atoms with Gasteiger partial charge in [0, 0.05) is 26.1 Å². The van der Waals surface area contributed by atoms with Crippen molar-refractivity contribution in [2.24, 2.45) is 0 Å². The molecule has 130 valence electrons. The summed E-state index contributed by atoms with van der Waals surface area (Å²) in [7, 11) is 1.74. The summed E-state index contributed by atoms with van der Waals surface area (Å²) in [5.74, 6) is 0.692. The predicted octanol–water partition coefficient (Wildman–Crippen LogP) is 2.79. The number of ether oxygens (including phenoxy) is 2. The third kappa shape index (κ3) is 3.95. The van der Waals surface area contributed by atoms with E-state index in [1.807, 2.05) is 18.2 Å². The highest BCUT2D eigenvalue weighted by atomic mass is 16.6. The van der Waals surface area contributed by atoms with Gasteiger partial charge >= 0.3 is 5.69 Å². The predicted molar refractivity (Wildman–Crippen MR) is 90.7 cm³/mol. The van der Waals surface area contributed by atoms with Crippen LogP contribution < -0.4 is 4.74 Å². The number of carbonyl (C=O) groups excluding carboxylic acids is 1. The van der Waals surface area contributed by atoms with Gasteiger partial charge in [-0.25, -0.2) is 0 Å². The summed E-state index contributed by atoms with van der Waals surface area (Å²) in [6.07, 6.45) is 0.409. The number of carbonyl (C=O) groups is 1. The number of hydrogen-bond donors (Lipinski definition) is 0. The van der Waals surface area contributed by atoms with Gasteiger partial charge in [0.05, 0.1) is 11.0 Å². The van der Waals surface area contributed by atoms with Crippen LogP contribution in [0.3, 0.4) is 0 Å². The molecule has 0 aliphatic carbocycles. The number of nitro groups is 1. The molecule has 0 bridgehead atoms. The summed E-state index contributed by atoms with van der Waals surface area (Å²) < 4.78 is 11.4. The van der Waals surface area contributed by atoms with Gasteiger partial charge < -0.3 is 14.4 Å². The molecule has 0 saturated carbocycles. The molecule has 1 saturated heterocycles. The Labute approximate surface area is 144 Å². The molecule has 0 spiro atoms. The van der Waals surface area contributed by atoms with Crippen LogP contribution in [-0.4, -0.2) is 42.0 Å². The molecule has 7 heteroatoms. The standard InChI is InChI=1S/C18H18N2O5/c1-19-11-14(24-12-18(19)21)10-13-6-2-4-8-16(13)25-17-9-5-3-7-15(17)20(22)23/h2-9,14H,10-12H2,1H3. The van der Waals surface area contributed by atoms with Gasteiger partial charge in [-0.1, -0.05) is 30.3 Å². The van der Waals surface area contributed by atoms with E-state index in [2.05, 4.69) is 0 Å². The van der Waals surface area contributed by atoms with Crippen molar-refractivity contribution in [1.29, 1.82) is 0 Å². The average molecular weight is 342 g/mol. The van der Waals surface area contributed by atoms with Gasteiger partial charge in [0.1, 0.15) is 12.4 Å². The Morgan fingerprint density at radius 3 is 2.60 bits per heavy atom. The number of nitro benzene ring substituents is 1. The van der Waals surface area contributed by atoms with Crippen LogP contribution in [-0.2, 0) is 16.0 Å². The largest absolute Gasteiger partial charge is 0.450 e. The fourth-order valence-electron chi connectivity index (χ4n) is 2.71. The van der Waals surface area contributed by atoms with Gasteiger partial charge in [0.15, 0.2) is 0 Å². The second kappa shape index (κ2) is 7.31. The molecule has 1 aliphatic rings. The van der Waals surface area contributed by atoms with Crippen LogP contribution in [0.5, 0.6) is 11.5 Å². The second-order valence-electron chi connectivity index (χ2n) is 5.85. The van der Waals surface area contributed by atoms with E-state index in [0.717, 1.165) is 5.56 Å². The number of amides is 1. The van der Waals surface area contributed by atoms with Crippen LogP contribution in [0.2, 0.25) is 0 Å². The van der Waals surface area contributed by atoms with E-state index in [1.165, 1.54) is 6.07 Å². The normalized spacial score (nSPS) is 17.4. The first-order valence-corrected chi connectivity index (χ1v) is 7.89. The number of benzene rings is 2. The molecule has 1 fully saturated rings. The van der Waals surface area contributed by atoms with E-state index >= 15 is 0 Å². The molecular formula is C18H18N2O5. The van der Waals surface area contributed by atoms with Crippen LogP contribution >= 0.6 is 0 Å². The Morgan fingerprint density at radius 2 is 1.88 bits per heavy atom. The average Bonchev–Trinajstić information content (AvgIpc) is 2.60. The molecule has 1 atom stereocenters.